The first kappa shape index (κ1) is 27.2. The van der Waals surface area contributed by atoms with Crippen molar-refractivity contribution >= 4 is 51.7 Å². The number of benzene rings is 3. The Hall–Kier alpha value is -3.37. The SMILES string of the molecule is CN1CCN(CCCOc2ccc(N3C(=O)/C(=C/c4ccc(Oc5ccc(N)cc5)cc4)SC3=S)cc2)CC1. The van der Waals surface area contributed by atoms with Gasteiger partial charge in [0.05, 0.1) is 17.2 Å². The Labute approximate surface area is 239 Å². The van der Waals surface area contributed by atoms with E-state index in [4.69, 9.17) is 27.4 Å². The number of carbonyl (C=O) groups excluding carboxylic acids is 1. The van der Waals surface area contributed by atoms with Crippen molar-refractivity contribution in [1.82, 2.24) is 9.80 Å². The Kier molecular flexibility index (Phi) is 8.83. The molecule has 0 spiro atoms. The number of rotatable bonds is 9. The zero-order valence-electron chi connectivity index (χ0n) is 21.9. The van der Waals surface area contributed by atoms with Crippen LogP contribution in [0.15, 0.2) is 77.7 Å². The smallest absolute Gasteiger partial charge is 0.270 e. The van der Waals surface area contributed by atoms with Crippen molar-refractivity contribution in [2.45, 2.75) is 6.42 Å². The number of anilines is 2. The molecule has 0 saturated carbocycles. The number of likely N-dealkylation sites (N-methyl/N-ethyl adjacent to an activating group) is 1. The summed E-state index contributed by atoms with van der Waals surface area (Å²) < 4.78 is 12.3. The van der Waals surface area contributed by atoms with Crippen LogP contribution in [0.2, 0.25) is 0 Å². The summed E-state index contributed by atoms with van der Waals surface area (Å²) in [7, 11) is 2.17. The van der Waals surface area contributed by atoms with Gasteiger partial charge in [-0.25, -0.2) is 0 Å². The minimum atomic E-state index is -0.131. The van der Waals surface area contributed by atoms with Gasteiger partial charge in [-0.3, -0.25) is 9.69 Å². The van der Waals surface area contributed by atoms with E-state index in [0.717, 1.165) is 56.1 Å². The summed E-state index contributed by atoms with van der Waals surface area (Å²) in [5.41, 5.74) is 8.04. The molecule has 2 fully saturated rings. The summed E-state index contributed by atoms with van der Waals surface area (Å²) in [6.07, 6.45) is 2.84. The van der Waals surface area contributed by atoms with E-state index in [1.807, 2.05) is 66.7 Å². The first-order chi connectivity index (χ1) is 18.9. The van der Waals surface area contributed by atoms with Crippen LogP contribution in [0.25, 0.3) is 6.08 Å². The van der Waals surface area contributed by atoms with Crippen molar-refractivity contribution in [1.29, 1.82) is 0 Å². The first-order valence-electron chi connectivity index (χ1n) is 13.0. The fourth-order valence-corrected chi connectivity index (χ4v) is 5.69. The predicted molar refractivity (Wildman–Crippen MR) is 164 cm³/mol. The lowest BCUT2D eigenvalue weighted by Gasteiger charge is -2.32. The number of piperazine rings is 1. The molecule has 2 heterocycles. The van der Waals surface area contributed by atoms with Crippen molar-refractivity contribution in [3.8, 4) is 17.2 Å². The van der Waals surface area contributed by atoms with Crippen LogP contribution in [0.5, 0.6) is 17.2 Å². The molecular formula is C30H32N4O3S2. The van der Waals surface area contributed by atoms with Gasteiger partial charge in [-0.1, -0.05) is 36.1 Å². The number of hydrogen-bond donors (Lipinski definition) is 1. The Morgan fingerprint density at radius 2 is 1.51 bits per heavy atom. The molecule has 5 rings (SSSR count). The van der Waals surface area contributed by atoms with E-state index < -0.39 is 0 Å². The van der Waals surface area contributed by atoms with Gasteiger partial charge < -0.3 is 25.0 Å². The summed E-state index contributed by atoms with van der Waals surface area (Å²) in [4.78, 5) is 20.2. The quantitative estimate of drug-likeness (QED) is 0.160. The maximum Gasteiger partial charge on any atom is 0.270 e. The summed E-state index contributed by atoms with van der Waals surface area (Å²) in [5.74, 6) is 2.07. The molecule has 3 aromatic carbocycles. The van der Waals surface area contributed by atoms with Gasteiger partial charge in [0.25, 0.3) is 5.91 Å². The maximum absolute atomic E-state index is 13.2. The molecule has 2 aliphatic heterocycles. The lowest BCUT2D eigenvalue weighted by molar-refractivity contribution is -0.113. The zero-order valence-corrected chi connectivity index (χ0v) is 23.5. The Morgan fingerprint density at radius 1 is 0.897 bits per heavy atom. The Balaban J connectivity index is 1.14. The molecule has 0 aromatic heterocycles. The first-order valence-corrected chi connectivity index (χ1v) is 14.2. The number of carbonyl (C=O) groups is 1. The maximum atomic E-state index is 13.2. The normalized spacial score (nSPS) is 17.7. The molecule has 2 N–H and O–H groups in total. The lowest BCUT2D eigenvalue weighted by Crippen LogP contribution is -2.44. The largest absolute Gasteiger partial charge is 0.494 e. The summed E-state index contributed by atoms with van der Waals surface area (Å²) in [6, 6.07) is 22.3. The van der Waals surface area contributed by atoms with Crippen molar-refractivity contribution in [2.75, 3.05) is 57.0 Å². The van der Waals surface area contributed by atoms with Gasteiger partial charge in [0.15, 0.2) is 4.32 Å². The fraction of sp³-hybridized carbons (Fsp3) is 0.267. The average Bonchev–Trinajstić information content (AvgIpc) is 3.22. The topological polar surface area (TPSA) is 71.3 Å². The number of hydrogen-bond acceptors (Lipinski definition) is 8. The number of nitrogens with two attached hydrogens (primary N) is 1. The molecule has 2 saturated heterocycles. The van der Waals surface area contributed by atoms with E-state index in [9.17, 15) is 4.79 Å². The highest BCUT2D eigenvalue weighted by atomic mass is 32.2. The number of amides is 1. The minimum absolute atomic E-state index is 0.131. The second-order valence-electron chi connectivity index (χ2n) is 9.60. The van der Waals surface area contributed by atoms with Crippen LogP contribution >= 0.6 is 24.0 Å². The van der Waals surface area contributed by atoms with Crippen LogP contribution in [-0.4, -0.2) is 66.4 Å². The van der Waals surface area contributed by atoms with Crippen LogP contribution in [0, 0.1) is 0 Å². The molecule has 0 bridgehead atoms. The zero-order chi connectivity index (χ0) is 27.2. The molecule has 0 radical (unpaired) electrons. The minimum Gasteiger partial charge on any atom is -0.494 e. The van der Waals surface area contributed by atoms with Crippen LogP contribution in [0.1, 0.15) is 12.0 Å². The highest BCUT2D eigenvalue weighted by molar-refractivity contribution is 8.27. The molecule has 0 unspecified atom stereocenters. The number of nitrogen functional groups attached to an aromatic ring is 1. The molecule has 1 amide bonds. The summed E-state index contributed by atoms with van der Waals surface area (Å²) in [6.45, 7) is 6.20. The second-order valence-corrected chi connectivity index (χ2v) is 11.3. The van der Waals surface area contributed by atoms with Gasteiger partial charge >= 0.3 is 0 Å². The monoisotopic (exact) mass is 560 g/mol. The molecule has 0 aliphatic carbocycles. The predicted octanol–water partition coefficient (Wildman–Crippen LogP) is 5.48. The second kappa shape index (κ2) is 12.7. The Morgan fingerprint density at radius 3 is 2.18 bits per heavy atom. The summed E-state index contributed by atoms with van der Waals surface area (Å²) in [5, 5.41) is 0. The number of thioether (sulfide) groups is 1. The molecule has 39 heavy (non-hydrogen) atoms. The van der Waals surface area contributed by atoms with Gasteiger partial charge in [-0.15, -0.1) is 0 Å². The molecule has 2 aliphatic rings. The van der Waals surface area contributed by atoms with E-state index in [2.05, 4.69) is 16.8 Å². The van der Waals surface area contributed by atoms with Crippen LogP contribution < -0.4 is 20.1 Å². The molecular weight excluding hydrogens is 528 g/mol. The number of nitrogens with zero attached hydrogens (tertiary/aromatic N) is 3. The standard InChI is InChI=1S/C30H32N4O3S2/c1-32-16-18-33(19-17-32)15-2-20-36-25-13-7-24(8-14-25)34-29(35)28(39-30(34)38)21-22-3-9-26(10-4-22)37-27-11-5-23(31)6-12-27/h3-14,21H,2,15-20,31H2,1H3/b28-21-. The van der Waals surface area contributed by atoms with Gasteiger partial charge in [0, 0.05) is 38.4 Å². The van der Waals surface area contributed by atoms with Crippen LogP contribution in [-0.2, 0) is 4.79 Å². The number of thiocarbonyl (C=S) groups is 1. The highest BCUT2D eigenvalue weighted by Gasteiger charge is 2.33. The van der Waals surface area contributed by atoms with E-state index in [0.29, 0.717) is 33.0 Å². The van der Waals surface area contributed by atoms with Gasteiger partial charge in [-0.05, 0) is 85.8 Å². The molecule has 0 atom stereocenters. The van der Waals surface area contributed by atoms with Gasteiger partial charge in [0.2, 0.25) is 0 Å². The molecule has 3 aromatic rings. The fourth-order valence-electron chi connectivity index (χ4n) is 4.39. The van der Waals surface area contributed by atoms with E-state index in [-0.39, 0.29) is 5.91 Å². The van der Waals surface area contributed by atoms with E-state index in [1.54, 1.807) is 17.0 Å². The van der Waals surface area contributed by atoms with E-state index in [1.165, 1.54) is 11.8 Å². The van der Waals surface area contributed by atoms with Crippen molar-refractivity contribution in [2.24, 2.45) is 0 Å². The van der Waals surface area contributed by atoms with Crippen LogP contribution in [0.4, 0.5) is 11.4 Å². The molecule has 9 heteroatoms. The van der Waals surface area contributed by atoms with Crippen molar-refractivity contribution in [3.05, 3.63) is 83.3 Å². The van der Waals surface area contributed by atoms with Gasteiger partial charge in [0.1, 0.15) is 17.2 Å². The average molecular weight is 561 g/mol. The van der Waals surface area contributed by atoms with Gasteiger partial charge in [-0.2, -0.15) is 0 Å². The lowest BCUT2D eigenvalue weighted by atomic mass is 10.2. The highest BCUT2D eigenvalue weighted by Crippen LogP contribution is 2.36. The summed E-state index contributed by atoms with van der Waals surface area (Å²) >= 11 is 6.84. The third-order valence-corrected chi connectivity index (χ3v) is 7.97. The molecule has 7 nitrogen and oxygen atoms in total. The van der Waals surface area contributed by atoms with E-state index >= 15 is 0 Å². The third kappa shape index (κ3) is 7.19. The third-order valence-electron chi connectivity index (χ3n) is 6.67. The van der Waals surface area contributed by atoms with Crippen molar-refractivity contribution in [3.63, 3.8) is 0 Å². The van der Waals surface area contributed by atoms with Crippen LogP contribution in [0.3, 0.4) is 0 Å². The van der Waals surface area contributed by atoms with Crippen molar-refractivity contribution < 1.29 is 14.3 Å². The molecule has 202 valence electrons. The Bertz CT molecular complexity index is 1320. The number of ether oxygens (including phenoxy) is 2.